The van der Waals surface area contributed by atoms with Crippen LogP contribution in [-0.2, 0) is 19.4 Å². The Morgan fingerprint density at radius 1 is 1.43 bits per heavy atom. The Bertz CT molecular complexity index is 269. The summed E-state index contributed by atoms with van der Waals surface area (Å²) >= 11 is 0. The third-order valence-electron chi connectivity index (χ3n) is 2.76. The first-order chi connectivity index (χ1) is 6.59. The normalized spacial score (nSPS) is 24.4. The summed E-state index contributed by atoms with van der Waals surface area (Å²) in [6, 6.07) is 0. The van der Waals surface area contributed by atoms with E-state index in [4.69, 9.17) is 4.74 Å². The SMILES string of the molecule is COC(CC=O)C1CCS(=O)(=O)CC1. The predicted octanol–water partition coefficient (Wildman–Crippen LogP) is 0.415. The molecule has 0 aromatic rings. The quantitative estimate of drug-likeness (QED) is 0.644. The van der Waals surface area contributed by atoms with Gasteiger partial charge in [0.2, 0.25) is 0 Å². The molecular weight excluding hydrogens is 204 g/mol. The second kappa shape index (κ2) is 4.89. The van der Waals surface area contributed by atoms with Crippen LogP contribution in [0.1, 0.15) is 19.3 Å². The number of carbonyl (C=O) groups excluding carboxylic acids is 1. The highest BCUT2D eigenvalue weighted by Gasteiger charge is 2.29. The minimum absolute atomic E-state index is 0.108. The average Bonchev–Trinajstić information content (AvgIpc) is 2.15. The van der Waals surface area contributed by atoms with Crippen LogP contribution < -0.4 is 0 Å². The molecule has 0 spiro atoms. The Balaban J connectivity index is 2.51. The summed E-state index contributed by atoms with van der Waals surface area (Å²) in [5.41, 5.74) is 0. The highest BCUT2D eigenvalue weighted by molar-refractivity contribution is 7.91. The molecule has 0 radical (unpaired) electrons. The summed E-state index contributed by atoms with van der Waals surface area (Å²) in [5, 5.41) is 0. The minimum Gasteiger partial charge on any atom is -0.381 e. The number of sulfone groups is 1. The average molecular weight is 220 g/mol. The van der Waals surface area contributed by atoms with Crippen LogP contribution in [0.5, 0.6) is 0 Å². The molecule has 1 fully saturated rings. The summed E-state index contributed by atoms with van der Waals surface area (Å²) < 4.78 is 27.5. The Labute approximate surface area is 84.6 Å². The zero-order chi connectivity index (χ0) is 10.6. The van der Waals surface area contributed by atoms with Gasteiger partial charge >= 0.3 is 0 Å². The van der Waals surface area contributed by atoms with E-state index in [1.807, 2.05) is 0 Å². The standard InChI is InChI=1S/C9H16O4S/c1-13-9(2-5-10)8-3-6-14(11,12)7-4-8/h5,8-9H,2-4,6-7H2,1H3. The Morgan fingerprint density at radius 2 is 2.00 bits per heavy atom. The van der Waals surface area contributed by atoms with Gasteiger partial charge in [-0.15, -0.1) is 0 Å². The van der Waals surface area contributed by atoms with Gasteiger partial charge in [-0.2, -0.15) is 0 Å². The van der Waals surface area contributed by atoms with E-state index < -0.39 is 9.84 Å². The van der Waals surface area contributed by atoms with Crippen molar-refractivity contribution >= 4 is 16.1 Å². The van der Waals surface area contributed by atoms with Crippen molar-refractivity contribution < 1.29 is 17.9 Å². The van der Waals surface area contributed by atoms with E-state index in [0.29, 0.717) is 19.3 Å². The van der Waals surface area contributed by atoms with E-state index >= 15 is 0 Å². The number of aldehydes is 1. The van der Waals surface area contributed by atoms with Crippen LogP contribution in [0.15, 0.2) is 0 Å². The molecule has 0 N–H and O–H groups in total. The third-order valence-corrected chi connectivity index (χ3v) is 4.47. The Hall–Kier alpha value is -0.420. The van der Waals surface area contributed by atoms with Crippen molar-refractivity contribution in [2.75, 3.05) is 18.6 Å². The van der Waals surface area contributed by atoms with Crippen LogP contribution in [0.3, 0.4) is 0 Å². The Kier molecular flexibility index (Phi) is 4.07. The molecule has 0 saturated carbocycles. The molecule has 0 aromatic heterocycles. The molecule has 0 bridgehead atoms. The van der Waals surface area contributed by atoms with E-state index in [9.17, 15) is 13.2 Å². The van der Waals surface area contributed by atoms with Gasteiger partial charge in [-0.3, -0.25) is 0 Å². The fraction of sp³-hybridized carbons (Fsp3) is 0.889. The summed E-state index contributed by atoms with van der Waals surface area (Å²) in [5.74, 6) is 0.681. The number of methoxy groups -OCH3 is 1. The van der Waals surface area contributed by atoms with Crippen LogP contribution in [-0.4, -0.2) is 39.4 Å². The van der Waals surface area contributed by atoms with Crippen molar-refractivity contribution in [2.24, 2.45) is 5.92 Å². The van der Waals surface area contributed by atoms with Crippen LogP contribution >= 0.6 is 0 Å². The van der Waals surface area contributed by atoms with Gasteiger partial charge in [-0.25, -0.2) is 8.42 Å². The van der Waals surface area contributed by atoms with E-state index in [1.54, 1.807) is 7.11 Å². The summed E-state index contributed by atoms with van der Waals surface area (Å²) in [7, 11) is -1.25. The zero-order valence-corrected chi connectivity index (χ0v) is 9.13. The molecule has 0 amide bonds. The molecule has 1 heterocycles. The first-order valence-corrected chi connectivity index (χ1v) is 6.58. The van der Waals surface area contributed by atoms with E-state index in [0.717, 1.165) is 6.29 Å². The van der Waals surface area contributed by atoms with Gasteiger partial charge in [-0.1, -0.05) is 0 Å². The fourth-order valence-electron chi connectivity index (χ4n) is 1.86. The minimum atomic E-state index is -2.82. The van der Waals surface area contributed by atoms with Gasteiger partial charge in [0, 0.05) is 13.5 Å². The summed E-state index contributed by atoms with van der Waals surface area (Å²) in [4.78, 5) is 10.3. The molecule has 1 rings (SSSR count). The monoisotopic (exact) mass is 220 g/mol. The van der Waals surface area contributed by atoms with Crippen LogP contribution in [0.2, 0.25) is 0 Å². The molecule has 0 aliphatic carbocycles. The molecule has 1 atom stereocenters. The molecule has 4 nitrogen and oxygen atoms in total. The number of rotatable bonds is 4. The maximum atomic E-state index is 11.2. The number of carbonyl (C=O) groups is 1. The highest BCUT2D eigenvalue weighted by Crippen LogP contribution is 2.24. The zero-order valence-electron chi connectivity index (χ0n) is 8.31. The first kappa shape index (κ1) is 11.7. The van der Waals surface area contributed by atoms with Crippen molar-refractivity contribution in [2.45, 2.75) is 25.4 Å². The van der Waals surface area contributed by atoms with Crippen molar-refractivity contribution in [1.29, 1.82) is 0 Å². The van der Waals surface area contributed by atoms with Gasteiger partial charge < -0.3 is 9.53 Å². The molecule has 1 aliphatic rings. The van der Waals surface area contributed by atoms with Gasteiger partial charge in [0.25, 0.3) is 0 Å². The lowest BCUT2D eigenvalue weighted by Crippen LogP contribution is -2.32. The smallest absolute Gasteiger partial charge is 0.150 e. The molecule has 1 unspecified atom stereocenters. The second-order valence-corrected chi connectivity index (χ2v) is 5.97. The van der Waals surface area contributed by atoms with Crippen molar-refractivity contribution in [3.8, 4) is 0 Å². The van der Waals surface area contributed by atoms with E-state index in [2.05, 4.69) is 0 Å². The fourth-order valence-corrected chi connectivity index (χ4v) is 3.38. The van der Waals surface area contributed by atoms with Crippen LogP contribution in [0, 0.1) is 5.92 Å². The second-order valence-electron chi connectivity index (χ2n) is 3.67. The van der Waals surface area contributed by atoms with Gasteiger partial charge in [0.15, 0.2) is 0 Å². The van der Waals surface area contributed by atoms with Crippen LogP contribution in [0.25, 0.3) is 0 Å². The third kappa shape index (κ3) is 3.06. The lowest BCUT2D eigenvalue weighted by Gasteiger charge is -2.27. The molecule has 0 aromatic carbocycles. The number of hydrogen-bond donors (Lipinski definition) is 0. The highest BCUT2D eigenvalue weighted by atomic mass is 32.2. The maximum absolute atomic E-state index is 11.2. The van der Waals surface area contributed by atoms with Crippen molar-refractivity contribution in [1.82, 2.24) is 0 Å². The molecule has 1 aliphatic heterocycles. The summed E-state index contributed by atoms with van der Waals surface area (Å²) in [6.45, 7) is 0. The van der Waals surface area contributed by atoms with Gasteiger partial charge in [0.1, 0.15) is 16.1 Å². The Morgan fingerprint density at radius 3 is 2.43 bits per heavy atom. The van der Waals surface area contributed by atoms with E-state index in [1.165, 1.54) is 0 Å². The topological polar surface area (TPSA) is 60.4 Å². The first-order valence-electron chi connectivity index (χ1n) is 4.76. The lowest BCUT2D eigenvalue weighted by atomic mass is 9.94. The molecule has 82 valence electrons. The maximum Gasteiger partial charge on any atom is 0.150 e. The van der Waals surface area contributed by atoms with Crippen molar-refractivity contribution in [3.05, 3.63) is 0 Å². The predicted molar refractivity (Wildman–Crippen MR) is 52.9 cm³/mol. The van der Waals surface area contributed by atoms with Crippen molar-refractivity contribution in [3.63, 3.8) is 0 Å². The largest absolute Gasteiger partial charge is 0.381 e. The summed E-state index contributed by atoms with van der Waals surface area (Å²) in [6.07, 6.45) is 2.32. The van der Waals surface area contributed by atoms with E-state index in [-0.39, 0.29) is 23.5 Å². The molecule has 5 heteroatoms. The van der Waals surface area contributed by atoms with Crippen LogP contribution in [0.4, 0.5) is 0 Å². The lowest BCUT2D eigenvalue weighted by molar-refractivity contribution is -0.110. The van der Waals surface area contributed by atoms with Gasteiger partial charge in [-0.05, 0) is 18.8 Å². The molecule has 14 heavy (non-hydrogen) atoms. The number of hydrogen-bond acceptors (Lipinski definition) is 4. The van der Waals surface area contributed by atoms with Gasteiger partial charge in [0.05, 0.1) is 17.6 Å². The number of ether oxygens (including phenoxy) is 1. The molecule has 1 saturated heterocycles. The molecular formula is C9H16O4S.